The summed E-state index contributed by atoms with van der Waals surface area (Å²) in [5.74, 6) is 0. The molecule has 0 atom stereocenters. The van der Waals surface area contributed by atoms with Crippen molar-refractivity contribution in [1.29, 1.82) is 0 Å². The molecule has 2 rings (SSSR count). The molecule has 0 bridgehead atoms. The van der Waals surface area contributed by atoms with Crippen molar-refractivity contribution >= 4 is 10.0 Å². The first-order valence-electron chi connectivity index (χ1n) is 6.78. The highest BCUT2D eigenvalue weighted by Crippen LogP contribution is 2.24. The molecule has 1 heterocycles. The summed E-state index contributed by atoms with van der Waals surface area (Å²) in [6, 6.07) is 6.83. The highest BCUT2D eigenvalue weighted by Gasteiger charge is 2.37. The molecule has 0 aromatic heterocycles. The molecule has 0 spiro atoms. The highest BCUT2D eigenvalue weighted by atomic mass is 32.2. The van der Waals surface area contributed by atoms with Gasteiger partial charge in [0.2, 0.25) is 10.0 Å². The van der Waals surface area contributed by atoms with Crippen LogP contribution in [0.1, 0.15) is 19.4 Å². The number of piperazine rings is 1. The summed E-state index contributed by atoms with van der Waals surface area (Å²) in [5, 5.41) is 0. The fourth-order valence-corrected chi connectivity index (χ4v) is 3.93. The maximum absolute atomic E-state index is 12.7. The van der Waals surface area contributed by atoms with Crippen LogP contribution < -0.4 is 5.73 Å². The molecule has 6 heteroatoms. The number of rotatable bonds is 3. The van der Waals surface area contributed by atoms with E-state index in [0.29, 0.717) is 24.5 Å². The normalized spacial score (nSPS) is 21.0. The summed E-state index contributed by atoms with van der Waals surface area (Å²) in [4.78, 5) is 2.53. The lowest BCUT2D eigenvalue weighted by atomic mass is 10.0. The van der Waals surface area contributed by atoms with Gasteiger partial charge in [-0.3, -0.25) is 4.90 Å². The van der Waals surface area contributed by atoms with Gasteiger partial charge in [0, 0.05) is 31.7 Å². The fraction of sp³-hybridized carbons (Fsp3) is 0.571. The van der Waals surface area contributed by atoms with Gasteiger partial charge in [-0.15, -0.1) is 0 Å². The van der Waals surface area contributed by atoms with Crippen molar-refractivity contribution in [2.24, 2.45) is 5.73 Å². The molecule has 5 nitrogen and oxygen atoms in total. The zero-order chi connectivity index (χ0) is 15.0. The van der Waals surface area contributed by atoms with Crippen LogP contribution in [0.3, 0.4) is 0 Å². The van der Waals surface area contributed by atoms with Gasteiger partial charge in [0.05, 0.1) is 4.90 Å². The molecule has 1 aliphatic rings. The first-order chi connectivity index (χ1) is 9.27. The topological polar surface area (TPSA) is 66.6 Å². The zero-order valence-electron chi connectivity index (χ0n) is 12.3. The minimum absolute atomic E-state index is 0.150. The Bertz CT molecular complexity index is 567. The monoisotopic (exact) mass is 297 g/mol. The summed E-state index contributed by atoms with van der Waals surface area (Å²) < 4.78 is 26.9. The first kappa shape index (κ1) is 15.4. The zero-order valence-corrected chi connectivity index (χ0v) is 13.2. The van der Waals surface area contributed by atoms with Crippen LogP contribution in [0, 0.1) is 0 Å². The molecule has 1 aliphatic heterocycles. The van der Waals surface area contributed by atoms with Gasteiger partial charge >= 0.3 is 0 Å². The lowest BCUT2D eigenvalue weighted by molar-refractivity contribution is 0.0801. The van der Waals surface area contributed by atoms with Crippen molar-refractivity contribution in [2.75, 3.05) is 26.7 Å². The Kier molecular flexibility index (Phi) is 4.20. The highest BCUT2D eigenvalue weighted by molar-refractivity contribution is 7.89. The maximum atomic E-state index is 12.7. The molecule has 112 valence electrons. The van der Waals surface area contributed by atoms with E-state index in [4.69, 9.17) is 5.73 Å². The van der Waals surface area contributed by atoms with Crippen molar-refractivity contribution < 1.29 is 8.42 Å². The number of benzene rings is 1. The first-order valence-corrected chi connectivity index (χ1v) is 8.22. The van der Waals surface area contributed by atoms with Gasteiger partial charge in [-0.05, 0) is 38.6 Å². The smallest absolute Gasteiger partial charge is 0.243 e. The van der Waals surface area contributed by atoms with Crippen LogP contribution in [0.5, 0.6) is 0 Å². The number of hydrogen-bond acceptors (Lipinski definition) is 4. The average molecular weight is 297 g/mol. The van der Waals surface area contributed by atoms with Gasteiger partial charge < -0.3 is 5.73 Å². The van der Waals surface area contributed by atoms with Crippen molar-refractivity contribution in [2.45, 2.75) is 30.8 Å². The van der Waals surface area contributed by atoms with Crippen LogP contribution >= 0.6 is 0 Å². The third-order valence-corrected chi connectivity index (χ3v) is 5.94. The van der Waals surface area contributed by atoms with Crippen LogP contribution in [0.4, 0.5) is 0 Å². The van der Waals surface area contributed by atoms with E-state index in [2.05, 4.69) is 18.7 Å². The van der Waals surface area contributed by atoms with Gasteiger partial charge in [-0.2, -0.15) is 4.31 Å². The summed E-state index contributed by atoms with van der Waals surface area (Å²) in [6.07, 6.45) is 0. The van der Waals surface area contributed by atoms with E-state index in [1.165, 1.54) is 0 Å². The van der Waals surface area contributed by atoms with Gasteiger partial charge in [0.15, 0.2) is 0 Å². The van der Waals surface area contributed by atoms with E-state index in [-0.39, 0.29) is 5.54 Å². The van der Waals surface area contributed by atoms with Crippen LogP contribution in [0.15, 0.2) is 29.2 Å². The molecule has 0 radical (unpaired) electrons. The molecule has 0 amide bonds. The van der Waals surface area contributed by atoms with Crippen molar-refractivity contribution in [1.82, 2.24) is 9.21 Å². The predicted octanol–water partition coefficient (Wildman–Crippen LogP) is 0.860. The summed E-state index contributed by atoms with van der Waals surface area (Å²) in [5.41, 5.74) is 6.32. The number of hydrogen-bond donors (Lipinski definition) is 1. The second kappa shape index (κ2) is 5.44. The third-order valence-electron chi connectivity index (χ3n) is 4.08. The Labute approximate surface area is 121 Å². The molecule has 1 fully saturated rings. The quantitative estimate of drug-likeness (QED) is 0.898. The number of sulfonamides is 1. The van der Waals surface area contributed by atoms with Crippen molar-refractivity contribution in [3.63, 3.8) is 0 Å². The van der Waals surface area contributed by atoms with Gasteiger partial charge in [0.1, 0.15) is 0 Å². The van der Waals surface area contributed by atoms with Gasteiger partial charge in [-0.1, -0.05) is 12.1 Å². The second-order valence-electron chi connectivity index (χ2n) is 5.92. The minimum atomic E-state index is -3.42. The lowest BCUT2D eigenvalue weighted by Crippen LogP contribution is -2.58. The van der Waals surface area contributed by atoms with Gasteiger partial charge in [-0.25, -0.2) is 8.42 Å². The third kappa shape index (κ3) is 2.88. The molecule has 0 saturated carbocycles. The summed E-state index contributed by atoms with van der Waals surface area (Å²) in [6.45, 7) is 6.32. The number of nitrogens with zero attached hydrogens (tertiary/aromatic N) is 2. The van der Waals surface area contributed by atoms with E-state index in [1.54, 1.807) is 28.6 Å². The predicted molar refractivity (Wildman–Crippen MR) is 79.8 cm³/mol. The Hall–Kier alpha value is -0.950. The van der Waals surface area contributed by atoms with Crippen LogP contribution in [0.25, 0.3) is 0 Å². The Morgan fingerprint density at radius 3 is 2.30 bits per heavy atom. The number of nitrogens with two attached hydrogens (primary N) is 1. The summed E-state index contributed by atoms with van der Waals surface area (Å²) >= 11 is 0. The molecule has 0 unspecified atom stereocenters. The van der Waals surface area contributed by atoms with E-state index in [0.717, 1.165) is 12.1 Å². The molecule has 1 saturated heterocycles. The van der Waals surface area contributed by atoms with E-state index in [1.807, 2.05) is 7.05 Å². The van der Waals surface area contributed by atoms with E-state index in [9.17, 15) is 8.42 Å². The molecule has 1 aromatic carbocycles. The minimum Gasteiger partial charge on any atom is -0.326 e. The molecule has 1 aromatic rings. The van der Waals surface area contributed by atoms with E-state index >= 15 is 0 Å². The fourth-order valence-electron chi connectivity index (χ4n) is 2.35. The molecule has 2 N–H and O–H groups in total. The maximum Gasteiger partial charge on any atom is 0.243 e. The van der Waals surface area contributed by atoms with Crippen LogP contribution in [-0.2, 0) is 16.6 Å². The average Bonchev–Trinajstić information content (AvgIpc) is 2.41. The lowest BCUT2D eigenvalue weighted by Gasteiger charge is -2.44. The largest absolute Gasteiger partial charge is 0.326 e. The van der Waals surface area contributed by atoms with E-state index < -0.39 is 10.0 Å². The summed E-state index contributed by atoms with van der Waals surface area (Å²) in [7, 11) is -1.39. The van der Waals surface area contributed by atoms with Crippen molar-refractivity contribution in [3.05, 3.63) is 29.8 Å². The standard InChI is InChI=1S/C14H23N3O2S/c1-14(2)11-17(9-8-16(14)3)20(18,19)13-6-4-12(10-15)5-7-13/h4-7H,8-11,15H2,1-3H3. The molecule has 20 heavy (non-hydrogen) atoms. The van der Waals surface area contributed by atoms with Crippen LogP contribution in [-0.4, -0.2) is 49.8 Å². The molecule has 0 aliphatic carbocycles. The Balaban J connectivity index is 2.26. The molecular formula is C14H23N3O2S. The second-order valence-corrected chi connectivity index (χ2v) is 7.86. The number of likely N-dealkylation sites (N-methyl/N-ethyl adjacent to an activating group) is 1. The Morgan fingerprint density at radius 1 is 1.20 bits per heavy atom. The SMILES string of the molecule is CN1CCN(S(=O)(=O)c2ccc(CN)cc2)CC1(C)C. The Morgan fingerprint density at radius 2 is 1.80 bits per heavy atom. The molecular weight excluding hydrogens is 274 g/mol. The van der Waals surface area contributed by atoms with Crippen LogP contribution in [0.2, 0.25) is 0 Å². The van der Waals surface area contributed by atoms with Crippen molar-refractivity contribution in [3.8, 4) is 0 Å². The van der Waals surface area contributed by atoms with Gasteiger partial charge in [0.25, 0.3) is 0 Å².